The highest BCUT2D eigenvalue weighted by atomic mass is 35.5. The Labute approximate surface area is 163 Å². The van der Waals surface area contributed by atoms with Gasteiger partial charge in [-0.2, -0.15) is 8.42 Å². The minimum atomic E-state index is -3.92. The fourth-order valence-electron chi connectivity index (χ4n) is 2.67. The normalized spacial score (nSPS) is 11.6. The number of hydrogen-bond donors (Lipinski definition) is 2. The lowest BCUT2D eigenvalue weighted by Crippen LogP contribution is -2.16. The molecule has 6 nitrogen and oxygen atoms in total. The summed E-state index contributed by atoms with van der Waals surface area (Å²) in [5.74, 6) is 0.529. The molecule has 0 aliphatic heterocycles. The smallest absolute Gasteiger partial charge is 0.280 e. The van der Waals surface area contributed by atoms with Gasteiger partial charge in [0.15, 0.2) is 5.03 Å². The van der Waals surface area contributed by atoms with Crippen LogP contribution in [-0.2, 0) is 10.0 Å². The minimum absolute atomic E-state index is 0.119. The maximum absolute atomic E-state index is 12.6. The quantitative estimate of drug-likeness (QED) is 0.662. The van der Waals surface area contributed by atoms with Crippen molar-refractivity contribution in [3.05, 3.63) is 65.2 Å². The topological polar surface area (TPSA) is 98.0 Å². The molecular formula is C19H19ClN4O2S. The van der Waals surface area contributed by atoms with E-state index in [1.54, 1.807) is 6.07 Å². The summed E-state index contributed by atoms with van der Waals surface area (Å²) in [5.41, 5.74) is 8.03. The predicted octanol–water partition coefficient (Wildman–Crippen LogP) is 4.30. The van der Waals surface area contributed by atoms with E-state index < -0.39 is 10.0 Å². The SMILES string of the molecule is CC(C)c1ccccc1-c1nc(NS(=O)(=O)c2cccc(N)n2)ccc1Cl. The van der Waals surface area contributed by atoms with Crippen LogP contribution in [0.1, 0.15) is 25.3 Å². The van der Waals surface area contributed by atoms with Gasteiger partial charge in [0.05, 0.1) is 10.7 Å². The molecule has 3 rings (SSSR count). The summed E-state index contributed by atoms with van der Waals surface area (Å²) in [7, 11) is -3.92. The first-order valence-electron chi connectivity index (χ1n) is 8.29. The fourth-order valence-corrected chi connectivity index (χ4v) is 3.86. The van der Waals surface area contributed by atoms with Crippen molar-refractivity contribution >= 4 is 33.3 Å². The summed E-state index contributed by atoms with van der Waals surface area (Å²) in [5, 5.41) is 0.261. The number of benzene rings is 1. The maximum Gasteiger partial charge on any atom is 0.280 e. The minimum Gasteiger partial charge on any atom is -0.384 e. The molecule has 3 aromatic rings. The van der Waals surface area contributed by atoms with Crippen molar-refractivity contribution in [3.8, 4) is 11.3 Å². The van der Waals surface area contributed by atoms with Gasteiger partial charge in [-0.1, -0.05) is 55.8 Å². The largest absolute Gasteiger partial charge is 0.384 e. The van der Waals surface area contributed by atoms with E-state index in [2.05, 4.69) is 28.5 Å². The highest BCUT2D eigenvalue weighted by molar-refractivity contribution is 7.92. The van der Waals surface area contributed by atoms with Crippen LogP contribution < -0.4 is 10.5 Å². The molecule has 0 aliphatic rings. The molecule has 2 heterocycles. The van der Waals surface area contributed by atoms with E-state index in [0.29, 0.717) is 10.7 Å². The Hall–Kier alpha value is -2.64. The third kappa shape index (κ3) is 4.20. The van der Waals surface area contributed by atoms with Gasteiger partial charge in [0.25, 0.3) is 10.0 Å². The van der Waals surface area contributed by atoms with Crippen molar-refractivity contribution in [2.75, 3.05) is 10.5 Å². The van der Waals surface area contributed by atoms with E-state index in [-0.39, 0.29) is 22.6 Å². The Morgan fingerprint density at radius 2 is 1.74 bits per heavy atom. The first kappa shape index (κ1) is 19.1. The zero-order valence-electron chi connectivity index (χ0n) is 14.8. The van der Waals surface area contributed by atoms with Crippen LogP contribution in [0.15, 0.2) is 59.6 Å². The summed E-state index contributed by atoms with van der Waals surface area (Å²) in [6, 6.07) is 15.3. The molecule has 0 spiro atoms. The highest BCUT2D eigenvalue weighted by Crippen LogP contribution is 2.33. The number of sulfonamides is 1. The second kappa shape index (κ2) is 7.54. The Bertz CT molecular complexity index is 1080. The molecule has 0 fully saturated rings. The Balaban J connectivity index is 2.02. The number of hydrogen-bond acceptors (Lipinski definition) is 5. The predicted molar refractivity (Wildman–Crippen MR) is 108 cm³/mol. The molecule has 0 aliphatic carbocycles. The van der Waals surface area contributed by atoms with Gasteiger partial charge in [-0.05, 0) is 35.7 Å². The summed E-state index contributed by atoms with van der Waals surface area (Å²) >= 11 is 6.35. The fraction of sp³-hybridized carbons (Fsp3) is 0.158. The first-order chi connectivity index (χ1) is 12.8. The number of nitrogens with two attached hydrogens (primary N) is 1. The molecule has 8 heteroatoms. The molecule has 0 saturated carbocycles. The number of aromatic nitrogens is 2. The van der Waals surface area contributed by atoms with Crippen LogP contribution in [0, 0.1) is 0 Å². The van der Waals surface area contributed by atoms with Gasteiger partial charge in [-0.25, -0.2) is 9.97 Å². The van der Waals surface area contributed by atoms with Crippen LogP contribution in [0.2, 0.25) is 5.02 Å². The number of halogens is 1. The number of anilines is 2. The molecule has 27 heavy (non-hydrogen) atoms. The molecule has 0 saturated heterocycles. The van der Waals surface area contributed by atoms with Crippen molar-refractivity contribution in [2.24, 2.45) is 0 Å². The lowest BCUT2D eigenvalue weighted by Gasteiger charge is -2.14. The standard InChI is InChI=1S/C19H19ClN4O2S/c1-12(2)13-6-3-4-7-14(13)19-15(20)10-11-17(23-19)24-27(25,26)18-9-5-8-16(21)22-18/h3-12H,1-2H3,(H2,21,22)(H,23,24). The maximum atomic E-state index is 12.6. The van der Waals surface area contributed by atoms with Crippen molar-refractivity contribution in [1.29, 1.82) is 0 Å². The Morgan fingerprint density at radius 3 is 2.44 bits per heavy atom. The van der Waals surface area contributed by atoms with E-state index >= 15 is 0 Å². The van der Waals surface area contributed by atoms with Crippen molar-refractivity contribution in [1.82, 2.24) is 9.97 Å². The lowest BCUT2D eigenvalue weighted by molar-refractivity contribution is 0.597. The molecule has 0 bridgehead atoms. The van der Waals surface area contributed by atoms with Crippen molar-refractivity contribution in [3.63, 3.8) is 0 Å². The van der Waals surface area contributed by atoms with Gasteiger partial charge in [-0.15, -0.1) is 0 Å². The number of nitrogen functional groups attached to an aromatic ring is 1. The third-order valence-corrected chi connectivity index (χ3v) is 5.50. The molecule has 140 valence electrons. The molecule has 1 aromatic carbocycles. The van der Waals surface area contributed by atoms with Gasteiger partial charge < -0.3 is 5.73 Å². The molecule has 2 aromatic heterocycles. The van der Waals surface area contributed by atoms with Crippen molar-refractivity contribution in [2.45, 2.75) is 24.8 Å². The summed E-state index contributed by atoms with van der Waals surface area (Å²) in [6.45, 7) is 4.15. The average Bonchev–Trinajstić information content (AvgIpc) is 2.63. The van der Waals surface area contributed by atoms with Crippen LogP contribution in [-0.4, -0.2) is 18.4 Å². The van der Waals surface area contributed by atoms with E-state index in [1.807, 2.05) is 24.3 Å². The number of nitrogens with zero attached hydrogens (tertiary/aromatic N) is 2. The van der Waals surface area contributed by atoms with Crippen LogP contribution in [0.5, 0.6) is 0 Å². The summed E-state index contributed by atoms with van der Waals surface area (Å²) in [4.78, 5) is 8.29. The van der Waals surface area contributed by atoms with E-state index in [4.69, 9.17) is 17.3 Å². The van der Waals surface area contributed by atoms with Gasteiger partial charge in [-0.3, -0.25) is 4.72 Å². The second-order valence-electron chi connectivity index (χ2n) is 6.28. The lowest BCUT2D eigenvalue weighted by atomic mass is 9.95. The summed E-state index contributed by atoms with van der Waals surface area (Å²) < 4.78 is 27.6. The molecule has 0 amide bonds. The van der Waals surface area contributed by atoms with Gasteiger partial charge >= 0.3 is 0 Å². The first-order valence-corrected chi connectivity index (χ1v) is 10.2. The van der Waals surface area contributed by atoms with E-state index in [9.17, 15) is 8.42 Å². The Kier molecular flexibility index (Phi) is 5.34. The van der Waals surface area contributed by atoms with Gasteiger partial charge in [0.2, 0.25) is 0 Å². The monoisotopic (exact) mass is 402 g/mol. The molecule has 0 radical (unpaired) electrons. The molecule has 3 N–H and O–H groups in total. The highest BCUT2D eigenvalue weighted by Gasteiger charge is 2.19. The number of pyridine rings is 2. The van der Waals surface area contributed by atoms with Crippen LogP contribution in [0.3, 0.4) is 0 Å². The van der Waals surface area contributed by atoms with E-state index in [0.717, 1.165) is 11.1 Å². The molecule has 0 atom stereocenters. The summed E-state index contributed by atoms with van der Waals surface area (Å²) in [6.07, 6.45) is 0. The van der Waals surface area contributed by atoms with Gasteiger partial charge in [0, 0.05) is 5.56 Å². The van der Waals surface area contributed by atoms with Crippen molar-refractivity contribution < 1.29 is 8.42 Å². The van der Waals surface area contributed by atoms with Crippen LogP contribution in [0.25, 0.3) is 11.3 Å². The zero-order chi connectivity index (χ0) is 19.6. The molecule has 0 unspecified atom stereocenters. The second-order valence-corrected chi connectivity index (χ2v) is 8.31. The number of rotatable bonds is 5. The molecular weight excluding hydrogens is 384 g/mol. The average molecular weight is 403 g/mol. The Morgan fingerprint density at radius 1 is 1.00 bits per heavy atom. The third-order valence-electron chi connectivity index (χ3n) is 3.94. The van der Waals surface area contributed by atoms with Gasteiger partial charge in [0.1, 0.15) is 11.6 Å². The van der Waals surface area contributed by atoms with Crippen LogP contribution in [0.4, 0.5) is 11.6 Å². The number of nitrogens with one attached hydrogen (secondary N) is 1. The zero-order valence-corrected chi connectivity index (χ0v) is 16.4. The van der Waals surface area contributed by atoms with Crippen LogP contribution >= 0.6 is 11.6 Å². The van der Waals surface area contributed by atoms with E-state index in [1.165, 1.54) is 24.3 Å².